The molecule has 5 rings (SSSR count). The summed E-state index contributed by atoms with van der Waals surface area (Å²) in [5.74, 6) is 0.675. The lowest BCUT2D eigenvalue weighted by molar-refractivity contribution is 0.0303. The van der Waals surface area contributed by atoms with Crippen LogP contribution >= 0.6 is 0 Å². The Balaban J connectivity index is 1.44. The molecule has 26 heavy (non-hydrogen) atoms. The Kier molecular flexibility index (Phi) is 4.96. The second-order valence-electron chi connectivity index (χ2n) is 7.73. The summed E-state index contributed by atoms with van der Waals surface area (Å²) in [5.41, 5.74) is 1.31. The highest BCUT2D eigenvalue weighted by Crippen LogP contribution is 2.27. The van der Waals surface area contributed by atoms with Crippen molar-refractivity contribution in [3.05, 3.63) is 35.4 Å². The highest BCUT2D eigenvalue weighted by atomic mass is 16.5. The molecule has 4 heterocycles. The van der Waals surface area contributed by atoms with Crippen molar-refractivity contribution in [2.24, 2.45) is 5.92 Å². The molecule has 0 spiro atoms. The van der Waals surface area contributed by atoms with Crippen LogP contribution in [0.2, 0.25) is 0 Å². The summed E-state index contributed by atoms with van der Waals surface area (Å²) in [6.45, 7) is 5.17. The SMILES string of the molecule is CN1C[C@@H]2CC[C@H]1CN(C(=O)c1ccc(C(=O)N3CCOCC3)cc1)C2. The Hall–Kier alpha value is -1.92. The zero-order valence-electron chi connectivity index (χ0n) is 15.4. The van der Waals surface area contributed by atoms with Gasteiger partial charge in [0, 0.05) is 49.9 Å². The van der Waals surface area contributed by atoms with Gasteiger partial charge in [0.2, 0.25) is 0 Å². The van der Waals surface area contributed by atoms with Crippen molar-refractivity contribution in [3.8, 4) is 0 Å². The first-order chi connectivity index (χ1) is 12.6. The van der Waals surface area contributed by atoms with Gasteiger partial charge >= 0.3 is 0 Å². The number of morpholine rings is 1. The molecule has 6 nitrogen and oxygen atoms in total. The lowest BCUT2D eigenvalue weighted by Gasteiger charge is -2.32. The Morgan fingerprint density at radius 3 is 2.12 bits per heavy atom. The molecule has 2 atom stereocenters. The first-order valence-electron chi connectivity index (χ1n) is 9.58. The Morgan fingerprint density at radius 2 is 1.50 bits per heavy atom. The van der Waals surface area contributed by atoms with Gasteiger partial charge in [-0.15, -0.1) is 0 Å². The monoisotopic (exact) mass is 357 g/mol. The number of carbonyl (C=O) groups excluding carboxylic acids is 2. The third kappa shape index (κ3) is 3.48. The number of hydrogen-bond donors (Lipinski definition) is 0. The van der Waals surface area contributed by atoms with Crippen LogP contribution < -0.4 is 0 Å². The van der Waals surface area contributed by atoms with E-state index in [4.69, 9.17) is 4.74 Å². The average molecular weight is 357 g/mol. The van der Waals surface area contributed by atoms with E-state index in [9.17, 15) is 9.59 Å². The third-order valence-electron chi connectivity index (χ3n) is 5.95. The van der Waals surface area contributed by atoms with Crippen LogP contribution in [-0.2, 0) is 4.74 Å². The molecule has 4 fully saturated rings. The standard InChI is InChI=1S/C20H27N3O3/c1-21-12-15-2-7-18(21)14-23(13-15)20(25)17-5-3-16(4-6-17)19(24)22-8-10-26-11-9-22/h3-6,15,18H,2,7-14H2,1H3/t15-,18-/m0/s1. The normalized spacial score (nSPS) is 26.7. The maximum absolute atomic E-state index is 13.0. The van der Waals surface area contributed by atoms with E-state index in [1.807, 2.05) is 9.80 Å². The van der Waals surface area contributed by atoms with Gasteiger partial charge in [-0.2, -0.15) is 0 Å². The topological polar surface area (TPSA) is 53.1 Å². The summed E-state index contributed by atoms with van der Waals surface area (Å²) >= 11 is 0. The number of fused-ring (bicyclic) bond motifs is 4. The van der Waals surface area contributed by atoms with Crippen molar-refractivity contribution in [1.82, 2.24) is 14.7 Å². The second kappa shape index (κ2) is 7.37. The predicted molar refractivity (Wildman–Crippen MR) is 98.2 cm³/mol. The third-order valence-corrected chi connectivity index (χ3v) is 5.95. The minimum Gasteiger partial charge on any atom is -0.378 e. The lowest BCUT2D eigenvalue weighted by atomic mass is 9.96. The molecule has 0 aliphatic carbocycles. The summed E-state index contributed by atoms with van der Waals surface area (Å²) in [7, 11) is 2.16. The van der Waals surface area contributed by atoms with Gasteiger partial charge in [0.05, 0.1) is 13.2 Å². The summed E-state index contributed by atoms with van der Waals surface area (Å²) in [6.07, 6.45) is 2.39. The number of likely N-dealkylation sites (N-methyl/N-ethyl adjacent to an activating group) is 1. The molecule has 4 aliphatic rings. The fourth-order valence-electron chi connectivity index (χ4n) is 4.37. The van der Waals surface area contributed by atoms with Gasteiger partial charge in [0.15, 0.2) is 0 Å². The van der Waals surface area contributed by atoms with Crippen LogP contribution in [-0.4, -0.2) is 85.5 Å². The predicted octanol–water partition coefficient (Wildman–Crippen LogP) is 1.33. The number of nitrogens with zero attached hydrogens (tertiary/aromatic N) is 3. The van der Waals surface area contributed by atoms with Crippen molar-refractivity contribution in [2.75, 3.05) is 53.0 Å². The molecule has 1 aromatic rings. The molecule has 4 aliphatic heterocycles. The first-order valence-corrected chi connectivity index (χ1v) is 9.58. The largest absolute Gasteiger partial charge is 0.378 e. The van der Waals surface area contributed by atoms with Crippen molar-refractivity contribution >= 4 is 11.8 Å². The van der Waals surface area contributed by atoms with E-state index >= 15 is 0 Å². The number of piperidine rings is 1. The smallest absolute Gasteiger partial charge is 0.254 e. The molecule has 4 saturated heterocycles. The summed E-state index contributed by atoms with van der Waals surface area (Å²) in [5, 5.41) is 0. The molecular weight excluding hydrogens is 330 g/mol. The van der Waals surface area contributed by atoms with Gasteiger partial charge in [-0.3, -0.25) is 9.59 Å². The highest BCUT2D eigenvalue weighted by Gasteiger charge is 2.34. The minimum atomic E-state index is 0.0155. The molecule has 2 amide bonds. The summed E-state index contributed by atoms with van der Waals surface area (Å²) in [6, 6.07) is 7.63. The van der Waals surface area contributed by atoms with Crippen molar-refractivity contribution < 1.29 is 14.3 Å². The molecule has 0 saturated carbocycles. The average Bonchev–Trinajstić information content (AvgIpc) is 2.99. The number of hydrogen-bond acceptors (Lipinski definition) is 4. The van der Waals surface area contributed by atoms with Crippen LogP contribution in [0.25, 0.3) is 0 Å². The molecule has 1 aromatic carbocycles. The van der Waals surface area contributed by atoms with Crippen molar-refractivity contribution in [3.63, 3.8) is 0 Å². The van der Waals surface area contributed by atoms with Crippen LogP contribution in [0, 0.1) is 5.92 Å². The summed E-state index contributed by atoms with van der Waals surface area (Å²) < 4.78 is 5.30. The molecule has 0 N–H and O–H groups in total. The fraction of sp³-hybridized carbons (Fsp3) is 0.600. The Morgan fingerprint density at radius 1 is 0.885 bits per heavy atom. The molecule has 6 heteroatoms. The van der Waals surface area contributed by atoms with E-state index in [2.05, 4.69) is 11.9 Å². The number of carbonyl (C=O) groups is 2. The number of ether oxygens (including phenoxy) is 1. The first kappa shape index (κ1) is 17.5. The van der Waals surface area contributed by atoms with E-state index in [1.165, 1.54) is 12.8 Å². The van der Waals surface area contributed by atoms with Gasteiger partial charge in [-0.25, -0.2) is 0 Å². The number of rotatable bonds is 2. The van der Waals surface area contributed by atoms with E-state index in [0.717, 1.165) is 19.6 Å². The van der Waals surface area contributed by atoms with Crippen LogP contribution in [0.1, 0.15) is 33.6 Å². The highest BCUT2D eigenvalue weighted by molar-refractivity contribution is 5.98. The second-order valence-corrected chi connectivity index (χ2v) is 7.73. The molecule has 0 unspecified atom stereocenters. The van der Waals surface area contributed by atoms with Gasteiger partial charge in [-0.05, 0) is 50.1 Å². The van der Waals surface area contributed by atoms with Gasteiger partial charge in [-0.1, -0.05) is 0 Å². The Bertz CT molecular complexity index is 669. The van der Waals surface area contributed by atoms with E-state index in [-0.39, 0.29) is 11.8 Å². The van der Waals surface area contributed by atoms with Crippen molar-refractivity contribution in [1.29, 1.82) is 0 Å². The molecule has 0 radical (unpaired) electrons. The molecular formula is C20H27N3O3. The summed E-state index contributed by atoms with van der Waals surface area (Å²) in [4.78, 5) is 31.7. The zero-order chi connectivity index (χ0) is 18.1. The zero-order valence-corrected chi connectivity index (χ0v) is 15.4. The van der Waals surface area contributed by atoms with Crippen molar-refractivity contribution in [2.45, 2.75) is 18.9 Å². The van der Waals surface area contributed by atoms with Gasteiger partial charge < -0.3 is 19.4 Å². The molecule has 0 aromatic heterocycles. The van der Waals surface area contributed by atoms with E-state index in [0.29, 0.717) is 49.4 Å². The molecule has 140 valence electrons. The maximum atomic E-state index is 13.0. The van der Waals surface area contributed by atoms with Crippen LogP contribution in [0.3, 0.4) is 0 Å². The molecule has 2 bridgehead atoms. The van der Waals surface area contributed by atoms with Gasteiger partial charge in [0.1, 0.15) is 0 Å². The Labute approximate surface area is 154 Å². The quantitative estimate of drug-likeness (QED) is 0.801. The van der Waals surface area contributed by atoms with Crippen LogP contribution in [0.15, 0.2) is 24.3 Å². The van der Waals surface area contributed by atoms with E-state index in [1.54, 1.807) is 24.3 Å². The van der Waals surface area contributed by atoms with Gasteiger partial charge in [0.25, 0.3) is 11.8 Å². The van der Waals surface area contributed by atoms with E-state index < -0.39 is 0 Å². The fourth-order valence-corrected chi connectivity index (χ4v) is 4.37. The maximum Gasteiger partial charge on any atom is 0.254 e. The van der Waals surface area contributed by atoms with Crippen LogP contribution in [0.4, 0.5) is 0 Å². The minimum absolute atomic E-state index is 0.0155. The number of amides is 2. The number of benzene rings is 1. The van der Waals surface area contributed by atoms with Crippen LogP contribution in [0.5, 0.6) is 0 Å². The lowest BCUT2D eigenvalue weighted by Crippen LogP contribution is -2.42.